The molecule has 7 heteroatoms. The van der Waals surface area contributed by atoms with Gasteiger partial charge in [-0.1, -0.05) is 36.6 Å². The van der Waals surface area contributed by atoms with Crippen molar-refractivity contribution in [3.05, 3.63) is 50.8 Å². The molecule has 1 fully saturated rings. The number of carbonyl (C=O) groups is 1. The molecule has 1 aromatic carbocycles. The Kier molecular flexibility index (Phi) is 5.51. The van der Waals surface area contributed by atoms with E-state index in [-0.39, 0.29) is 18.0 Å². The number of rotatable bonds is 3. The minimum Gasteiger partial charge on any atom is -0.341 e. The lowest BCUT2D eigenvalue weighted by Gasteiger charge is -2.20. The number of carbonyl (C=O) groups excluding carboxylic acids is 1. The standard InChI is InChI=1S/C21H22ClN3O2S/c1-14-18(15-6-8-16(22)9-7-15)19-20(28-14)23-13-25(21(19)27)12-17(26)24-10-4-2-3-5-11-24/h6-9,13H,2-5,10-12H2,1H3. The van der Waals surface area contributed by atoms with Crippen LogP contribution in [-0.2, 0) is 11.3 Å². The van der Waals surface area contributed by atoms with Crippen molar-refractivity contribution < 1.29 is 4.79 Å². The van der Waals surface area contributed by atoms with E-state index in [1.807, 2.05) is 36.1 Å². The lowest BCUT2D eigenvalue weighted by molar-refractivity contribution is -0.131. The monoisotopic (exact) mass is 415 g/mol. The first-order chi connectivity index (χ1) is 13.5. The van der Waals surface area contributed by atoms with Gasteiger partial charge in [-0.15, -0.1) is 11.3 Å². The molecule has 0 bridgehead atoms. The summed E-state index contributed by atoms with van der Waals surface area (Å²) >= 11 is 7.51. The first-order valence-electron chi connectivity index (χ1n) is 9.57. The van der Waals surface area contributed by atoms with Crippen LogP contribution in [0.3, 0.4) is 0 Å². The first kappa shape index (κ1) is 19.2. The molecule has 5 nitrogen and oxygen atoms in total. The fourth-order valence-corrected chi connectivity index (χ4v) is 4.91. The normalized spacial score (nSPS) is 15.0. The van der Waals surface area contributed by atoms with E-state index < -0.39 is 0 Å². The van der Waals surface area contributed by atoms with Gasteiger partial charge in [-0.3, -0.25) is 14.2 Å². The third-order valence-electron chi connectivity index (χ3n) is 5.25. The summed E-state index contributed by atoms with van der Waals surface area (Å²) in [6.07, 6.45) is 5.89. The molecule has 0 spiro atoms. The van der Waals surface area contributed by atoms with Crippen LogP contribution in [0.15, 0.2) is 35.4 Å². The average molecular weight is 416 g/mol. The fraction of sp³-hybridized carbons (Fsp3) is 0.381. The number of likely N-dealkylation sites (tertiary alicyclic amines) is 1. The molecule has 0 N–H and O–H groups in total. The summed E-state index contributed by atoms with van der Waals surface area (Å²) in [6.45, 7) is 3.58. The summed E-state index contributed by atoms with van der Waals surface area (Å²) < 4.78 is 1.45. The summed E-state index contributed by atoms with van der Waals surface area (Å²) in [5.41, 5.74) is 1.65. The SMILES string of the molecule is Cc1sc2ncn(CC(=O)N3CCCCCC3)c(=O)c2c1-c1ccc(Cl)cc1. The minimum atomic E-state index is -0.164. The Hall–Kier alpha value is -2.18. The first-order valence-corrected chi connectivity index (χ1v) is 10.8. The molecule has 1 aliphatic rings. The highest BCUT2D eigenvalue weighted by molar-refractivity contribution is 7.19. The highest BCUT2D eigenvalue weighted by Gasteiger charge is 2.20. The van der Waals surface area contributed by atoms with Gasteiger partial charge in [0.25, 0.3) is 5.56 Å². The fourth-order valence-electron chi connectivity index (χ4n) is 3.78. The summed E-state index contributed by atoms with van der Waals surface area (Å²) in [5, 5.41) is 1.23. The van der Waals surface area contributed by atoms with E-state index in [2.05, 4.69) is 4.98 Å². The second-order valence-corrected chi connectivity index (χ2v) is 8.83. The van der Waals surface area contributed by atoms with E-state index >= 15 is 0 Å². The molecule has 4 rings (SSSR count). The molecule has 3 heterocycles. The van der Waals surface area contributed by atoms with Crippen molar-refractivity contribution in [2.45, 2.75) is 39.2 Å². The Morgan fingerprint density at radius 3 is 2.50 bits per heavy atom. The van der Waals surface area contributed by atoms with Crippen LogP contribution in [0.4, 0.5) is 0 Å². The van der Waals surface area contributed by atoms with Gasteiger partial charge in [-0.2, -0.15) is 0 Å². The number of hydrogen-bond donors (Lipinski definition) is 0. The Morgan fingerprint density at radius 2 is 1.82 bits per heavy atom. The summed E-state index contributed by atoms with van der Waals surface area (Å²) in [6, 6.07) is 7.46. The number of thiophene rings is 1. The second kappa shape index (κ2) is 8.05. The molecular formula is C21H22ClN3O2S. The maximum absolute atomic E-state index is 13.2. The van der Waals surface area contributed by atoms with Crippen molar-refractivity contribution >= 4 is 39.1 Å². The number of hydrogen-bond acceptors (Lipinski definition) is 4. The van der Waals surface area contributed by atoms with Gasteiger partial charge in [0.05, 0.1) is 11.7 Å². The number of aryl methyl sites for hydroxylation is 1. The van der Waals surface area contributed by atoms with Crippen molar-refractivity contribution in [2.24, 2.45) is 0 Å². The zero-order valence-electron chi connectivity index (χ0n) is 15.8. The van der Waals surface area contributed by atoms with Crippen LogP contribution in [0.5, 0.6) is 0 Å². The molecule has 0 aliphatic carbocycles. The summed E-state index contributed by atoms with van der Waals surface area (Å²) in [5.74, 6) is -0.00913. The van der Waals surface area contributed by atoms with Crippen molar-refractivity contribution in [3.63, 3.8) is 0 Å². The molecule has 28 heavy (non-hydrogen) atoms. The van der Waals surface area contributed by atoms with Gasteiger partial charge in [0.2, 0.25) is 5.91 Å². The quantitative estimate of drug-likeness (QED) is 0.633. The van der Waals surface area contributed by atoms with Gasteiger partial charge in [-0.25, -0.2) is 4.98 Å². The third-order valence-corrected chi connectivity index (χ3v) is 6.52. The minimum absolute atomic E-state index is 0.00913. The Bertz CT molecular complexity index is 1060. The van der Waals surface area contributed by atoms with E-state index in [1.54, 1.807) is 0 Å². The number of aromatic nitrogens is 2. The van der Waals surface area contributed by atoms with Gasteiger partial charge >= 0.3 is 0 Å². The Morgan fingerprint density at radius 1 is 1.14 bits per heavy atom. The van der Waals surface area contributed by atoms with Crippen molar-refractivity contribution in [1.29, 1.82) is 0 Å². The van der Waals surface area contributed by atoms with Gasteiger partial charge in [0.1, 0.15) is 11.4 Å². The predicted octanol–water partition coefficient (Wildman–Crippen LogP) is 4.49. The molecule has 1 amide bonds. The second-order valence-electron chi connectivity index (χ2n) is 7.19. The largest absolute Gasteiger partial charge is 0.341 e. The summed E-state index contributed by atoms with van der Waals surface area (Å²) in [4.78, 5) is 34.0. The van der Waals surface area contributed by atoms with Crippen molar-refractivity contribution in [3.8, 4) is 11.1 Å². The van der Waals surface area contributed by atoms with Crippen molar-refractivity contribution in [1.82, 2.24) is 14.5 Å². The number of fused-ring (bicyclic) bond motifs is 1. The number of halogens is 1. The molecule has 1 saturated heterocycles. The molecule has 1 aliphatic heterocycles. The number of amides is 1. The smallest absolute Gasteiger partial charge is 0.263 e. The van der Waals surface area contributed by atoms with E-state index in [4.69, 9.17) is 11.6 Å². The molecule has 0 atom stereocenters. The van der Waals surface area contributed by atoms with Crippen LogP contribution in [0, 0.1) is 6.92 Å². The molecule has 0 unspecified atom stereocenters. The van der Waals surface area contributed by atoms with Gasteiger partial charge in [0, 0.05) is 28.6 Å². The molecule has 146 valence electrons. The predicted molar refractivity (Wildman–Crippen MR) is 114 cm³/mol. The lowest BCUT2D eigenvalue weighted by atomic mass is 10.0. The highest BCUT2D eigenvalue weighted by Crippen LogP contribution is 2.35. The zero-order valence-corrected chi connectivity index (χ0v) is 17.4. The third kappa shape index (κ3) is 3.71. The van der Waals surface area contributed by atoms with Gasteiger partial charge in [0.15, 0.2) is 0 Å². The van der Waals surface area contributed by atoms with E-state index in [0.717, 1.165) is 54.8 Å². The molecule has 0 radical (unpaired) electrons. The number of nitrogens with zero attached hydrogens (tertiary/aromatic N) is 3. The van der Waals surface area contributed by atoms with Crippen LogP contribution in [0.2, 0.25) is 5.02 Å². The Balaban J connectivity index is 1.72. The molecule has 3 aromatic rings. The molecule has 0 saturated carbocycles. The van der Waals surface area contributed by atoms with E-state index in [1.165, 1.54) is 22.2 Å². The Labute approximate surface area is 172 Å². The average Bonchev–Trinajstić information content (AvgIpc) is 2.85. The van der Waals surface area contributed by atoms with Crippen LogP contribution in [0.25, 0.3) is 21.3 Å². The van der Waals surface area contributed by atoms with Crippen LogP contribution >= 0.6 is 22.9 Å². The highest BCUT2D eigenvalue weighted by atomic mass is 35.5. The molecule has 2 aromatic heterocycles. The topological polar surface area (TPSA) is 55.2 Å². The van der Waals surface area contributed by atoms with Crippen LogP contribution < -0.4 is 5.56 Å². The lowest BCUT2D eigenvalue weighted by Crippen LogP contribution is -2.37. The zero-order chi connectivity index (χ0) is 19.7. The van der Waals surface area contributed by atoms with Gasteiger partial charge < -0.3 is 4.90 Å². The maximum Gasteiger partial charge on any atom is 0.263 e. The van der Waals surface area contributed by atoms with Gasteiger partial charge in [-0.05, 0) is 37.5 Å². The van der Waals surface area contributed by atoms with E-state index in [0.29, 0.717) is 15.2 Å². The van der Waals surface area contributed by atoms with Crippen LogP contribution in [0.1, 0.15) is 30.6 Å². The summed E-state index contributed by atoms with van der Waals surface area (Å²) in [7, 11) is 0. The maximum atomic E-state index is 13.2. The van der Waals surface area contributed by atoms with E-state index in [9.17, 15) is 9.59 Å². The molecular weight excluding hydrogens is 394 g/mol. The van der Waals surface area contributed by atoms with Crippen molar-refractivity contribution in [2.75, 3.05) is 13.1 Å². The van der Waals surface area contributed by atoms with Crippen LogP contribution in [-0.4, -0.2) is 33.4 Å². The number of benzene rings is 1.